The van der Waals surface area contributed by atoms with Crippen molar-refractivity contribution < 1.29 is 4.39 Å². The predicted octanol–water partition coefficient (Wildman–Crippen LogP) is 3.92. The van der Waals surface area contributed by atoms with Gasteiger partial charge >= 0.3 is 0 Å². The van der Waals surface area contributed by atoms with Gasteiger partial charge in [-0.25, -0.2) is 14.4 Å². The SMILES string of the molecule is CCc1nc(Br)cc(-c2ccc(F)cc2C)n1. The first-order chi connectivity index (χ1) is 8.10. The van der Waals surface area contributed by atoms with Crippen LogP contribution in [0.3, 0.4) is 0 Å². The van der Waals surface area contributed by atoms with Crippen molar-refractivity contribution in [1.29, 1.82) is 0 Å². The number of aromatic nitrogens is 2. The van der Waals surface area contributed by atoms with Gasteiger partial charge in [0.15, 0.2) is 0 Å². The normalized spacial score (nSPS) is 10.6. The lowest BCUT2D eigenvalue weighted by atomic mass is 10.1. The van der Waals surface area contributed by atoms with Crippen LogP contribution in [0.5, 0.6) is 0 Å². The molecule has 88 valence electrons. The molecule has 0 bridgehead atoms. The van der Waals surface area contributed by atoms with E-state index in [0.29, 0.717) is 0 Å². The van der Waals surface area contributed by atoms with E-state index in [1.807, 2.05) is 19.9 Å². The Bertz CT molecular complexity index is 555. The van der Waals surface area contributed by atoms with Gasteiger partial charge in [-0.15, -0.1) is 0 Å². The Morgan fingerprint density at radius 2 is 2.00 bits per heavy atom. The Labute approximate surface area is 108 Å². The first-order valence-electron chi connectivity index (χ1n) is 5.40. The monoisotopic (exact) mass is 294 g/mol. The van der Waals surface area contributed by atoms with Crippen LogP contribution in [0.4, 0.5) is 4.39 Å². The molecule has 0 saturated carbocycles. The Morgan fingerprint density at radius 1 is 1.24 bits per heavy atom. The Morgan fingerprint density at radius 3 is 2.65 bits per heavy atom. The van der Waals surface area contributed by atoms with E-state index in [1.54, 1.807) is 6.07 Å². The van der Waals surface area contributed by atoms with Crippen molar-refractivity contribution in [3.63, 3.8) is 0 Å². The highest BCUT2D eigenvalue weighted by Crippen LogP contribution is 2.24. The van der Waals surface area contributed by atoms with Crippen LogP contribution in [-0.2, 0) is 6.42 Å². The first-order valence-corrected chi connectivity index (χ1v) is 6.19. The average Bonchev–Trinajstić information content (AvgIpc) is 2.28. The van der Waals surface area contributed by atoms with Crippen LogP contribution >= 0.6 is 15.9 Å². The molecular weight excluding hydrogens is 283 g/mol. The highest BCUT2D eigenvalue weighted by molar-refractivity contribution is 9.10. The van der Waals surface area contributed by atoms with Crippen LogP contribution in [0.25, 0.3) is 11.3 Å². The van der Waals surface area contributed by atoms with E-state index in [-0.39, 0.29) is 5.82 Å². The lowest BCUT2D eigenvalue weighted by Gasteiger charge is -2.07. The molecule has 0 N–H and O–H groups in total. The van der Waals surface area contributed by atoms with Crippen molar-refractivity contribution in [2.75, 3.05) is 0 Å². The summed E-state index contributed by atoms with van der Waals surface area (Å²) in [5.41, 5.74) is 2.63. The second kappa shape index (κ2) is 4.92. The van der Waals surface area contributed by atoms with Crippen LogP contribution in [0.15, 0.2) is 28.9 Å². The molecule has 4 heteroatoms. The maximum absolute atomic E-state index is 13.0. The molecule has 2 aromatic rings. The molecule has 0 aliphatic carbocycles. The lowest BCUT2D eigenvalue weighted by Crippen LogP contribution is -1.97. The van der Waals surface area contributed by atoms with Crippen LogP contribution in [0.1, 0.15) is 18.3 Å². The van der Waals surface area contributed by atoms with E-state index in [9.17, 15) is 4.39 Å². The molecule has 0 aliphatic rings. The van der Waals surface area contributed by atoms with Crippen LogP contribution < -0.4 is 0 Å². The number of aryl methyl sites for hydroxylation is 2. The second-order valence-corrected chi connectivity index (χ2v) is 4.62. The Kier molecular flexibility index (Phi) is 3.52. The van der Waals surface area contributed by atoms with Crippen LogP contribution in [-0.4, -0.2) is 9.97 Å². The van der Waals surface area contributed by atoms with Gasteiger partial charge in [0.2, 0.25) is 0 Å². The van der Waals surface area contributed by atoms with Crippen molar-refractivity contribution in [1.82, 2.24) is 9.97 Å². The molecule has 0 aliphatic heterocycles. The van der Waals surface area contributed by atoms with Gasteiger partial charge < -0.3 is 0 Å². The van der Waals surface area contributed by atoms with Crippen LogP contribution in [0, 0.1) is 12.7 Å². The summed E-state index contributed by atoms with van der Waals surface area (Å²) >= 11 is 3.36. The van der Waals surface area contributed by atoms with Crippen LogP contribution in [0.2, 0.25) is 0 Å². The van der Waals surface area contributed by atoms with Gasteiger partial charge in [0, 0.05) is 12.0 Å². The van der Waals surface area contributed by atoms with Crippen molar-refractivity contribution in [3.8, 4) is 11.3 Å². The summed E-state index contributed by atoms with van der Waals surface area (Å²) in [7, 11) is 0. The maximum atomic E-state index is 13.0. The van der Waals surface area contributed by atoms with Crippen molar-refractivity contribution in [2.24, 2.45) is 0 Å². The summed E-state index contributed by atoms with van der Waals surface area (Å²) in [6.07, 6.45) is 0.771. The number of benzene rings is 1. The van der Waals surface area contributed by atoms with Gasteiger partial charge in [-0.05, 0) is 52.7 Å². The van der Waals surface area contributed by atoms with Crippen molar-refractivity contribution in [2.45, 2.75) is 20.3 Å². The molecule has 0 unspecified atom stereocenters. The summed E-state index contributed by atoms with van der Waals surface area (Å²) in [4.78, 5) is 8.71. The van der Waals surface area contributed by atoms with E-state index in [4.69, 9.17) is 0 Å². The number of rotatable bonds is 2. The quantitative estimate of drug-likeness (QED) is 0.785. The predicted molar refractivity (Wildman–Crippen MR) is 69.2 cm³/mol. The third-order valence-corrected chi connectivity index (χ3v) is 2.93. The molecule has 2 nitrogen and oxygen atoms in total. The first kappa shape index (κ1) is 12.2. The summed E-state index contributed by atoms with van der Waals surface area (Å²) < 4.78 is 13.8. The zero-order chi connectivity index (χ0) is 12.4. The fourth-order valence-electron chi connectivity index (χ4n) is 1.68. The zero-order valence-corrected chi connectivity index (χ0v) is 11.3. The lowest BCUT2D eigenvalue weighted by molar-refractivity contribution is 0.627. The Balaban J connectivity index is 2.55. The van der Waals surface area contributed by atoms with Gasteiger partial charge in [0.05, 0.1) is 5.69 Å². The summed E-state index contributed by atoms with van der Waals surface area (Å²) in [5, 5.41) is 0. The highest BCUT2D eigenvalue weighted by Gasteiger charge is 2.07. The number of halogens is 2. The van der Waals surface area contributed by atoms with E-state index >= 15 is 0 Å². The molecule has 0 atom stereocenters. The number of hydrogen-bond acceptors (Lipinski definition) is 2. The smallest absolute Gasteiger partial charge is 0.130 e. The van der Waals surface area contributed by atoms with E-state index < -0.39 is 0 Å². The van der Waals surface area contributed by atoms with Gasteiger partial charge in [0.1, 0.15) is 16.2 Å². The molecule has 1 aromatic heterocycles. The van der Waals surface area contributed by atoms with E-state index in [1.165, 1.54) is 12.1 Å². The molecule has 17 heavy (non-hydrogen) atoms. The standard InChI is InChI=1S/C13H12BrFN2/c1-3-13-16-11(7-12(14)17-13)10-5-4-9(15)6-8(10)2/h4-7H,3H2,1-2H3. The molecule has 0 fully saturated rings. The number of hydrogen-bond donors (Lipinski definition) is 0. The highest BCUT2D eigenvalue weighted by atomic mass is 79.9. The molecule has 1 aromatic carbocycles. The third kappa shape index (κ3) is 2.69. The fourth-order valence-corrected chi connectivity index (χ4v) is 2.10. The summed E-state index contributed by atoms with van der Waals surface area (Å²) in [6.45, 7) is 3.88. The largest absolute Gasteiger partial charge is 0.233 e. The minimum atomic E-state index is -0.227. The molecule has 2 rings (SSSR count). The fraction of sp³-hybridized carbons (Fsp3) is 0.231. The van der Waals surface area contributed by atoms with E-state index in [0.717, 1.165) is 33.7 Å². The number of nitrogens with zero attached hydrogens (tertiary/aromatic N) is 2. The molecule has 0 amide bonds. The van der Waals surface area contributed by atoms with E-state index in [2.05, 4.69) is 25.9 Å². The van der Waals surface area contributed by atoms with Crippen molar-refractivity contribution in [3.05, 3.63) is 46.1 Å². The second-order valence-electron chi connectivity index (χ2n) is 3.80. The molecule has 0 spiro atoms. The molecule has 1 heterocycles. The average molecular weight is 295 g/mol. The van der Waals surface area contributed by atoms with Gasteiger partial charge in [-0.1, -0.05) is 6.92 Å². The third-order valence-electron chi connectivity index (χ3n) is 2.52. The Hall–Kier alpha value is -1.29. The van der Waals surface area contributed by atoms with Gasteiger partial charge in [0.25, 0.3) is 0 Å². The minimum Gasteiger partial charge on any atom is -0.233 e. The summed E-state index contributed by atoms with van der Waals surface area (Å²) in [6, 6.07) is 6.55. The maximum Gasteiger partial charge on any atom is 0.130 e. The van der Waals surface area contributed by atoms with Crippen molar-refractivity contribution >= 4 is 15.9 Å². The minimum absolute atomic E-state index is 0.227. The van der Waals surface area contributed by atoms with Gasteiger partial charge in [-0.3, -0.25) is 0 Å². The molecular formula is C13H12BrFN2. The zero-order valence-electron chi connectivity index (χ0n) is 9.67. The molecule has 0 saturated heterocycles. The molecule has 0 radical (unpaired) electrons. The summed E-state index contributed by atoms with van der Waals surface area (Å²) in [5.74, 6) is 0.549. The van der Waals surface area contributed by atoms with Gasteiger partial charge in [-0.2, -0.15) is 0 Å². The topological polar surface area (TPSA) is 25.8 Å².